The van der Waals surface area contributed by atoms with Crippen LogP contribution >= 0.6 is 0 Å². The molecule has 9 heteroatoms. The van der Waals surface area contributed by atoms with Gasteiger partial charge in [0, 0.05) is 7.11 Å². The van der Waals surface area contributed by atoms with Crippen molar-refractivity contribution >= 4 is 21.8 Å². The zero-order chi connectivity index (χ0) is 20.5. The second kappa shape index (κ2) is 8.28. The third-order valence-corrected chi connectivity index (χ3v) is 7.63. The number of carbonyl (C=O) groups is 2. The van der Waals surface area contributed by atoms with Gasteiger partial charge in [0.1, 0.15) is 0 Å². The molecule has 1 aromatic carbocycles. The summed E-state index contributed by atoms with van der Waals surface area (Å²) in [5.41, 5.74) is 1.99. The van der Waals surface area contributed by atoms with Crippen LogP contribution in [0.25, 0.3) is 0 Å². The number of methoxy groups -OCH3 is 1. The van der Waals surface area contributed by atoms with Gasteiger partial charge in [0.25, 0.3) is 5.91 Å². The number of quaternary nitrogens is 1. The molecule has 0 bridgehead atoms. The Balaban J connectivity index is 1.65. The number of aryl methyl sites for hydroxylation is 2. The molecule has 2 aliphatic rings. The van der Waals surface area contributed by atoms with Crippen molar-refractivity contribution in [1.82, 2.24) is 9.21 Å². The Morgan fingerprint density at radius 3 is 2.43 bits per heavy atom. The Bertz CT molecular complexity index is 862. The molecule has 1 N–H and O–H groups in total. The van der Waals surface area contributed by atoms with Crippen molar-refractivity contribution in [3.8, 4) is 0 Å². The summed E-state index contributed by atoms with van der Waals surface area (Å²) in [6, 6.07) is 4.75. The molecule has 8 nitrogen and oxygen atoms in total. The fourth-order valence-electron chi connectivity index (χ4n) is 3.81. The number of piperazine rings is 1. The maximum atomic E-state index is 12.9. The molecule has 1 aromatic rings. The number of hydrogen-bond acceptors (Lipinski definition) is 5. The van der Waals surface area contributed by atoms with Crippen molar-refractivity contribution in [3.63, 3.8) is 0 Å². The van der Waals surface area contributed by atoms with Gasteiger partial charge < -0.3 is 9.64 Å². The van der Waals surface area contributed by atoms with Gasteiger partial charge in [0.05, 0.1) is 50.6 Å². The minimum atomic E-state index is -3.55. The van der Waals surface area contributed by atoms with Crippen LogP contribution in [0.15, 0.2) is 23.1 Å². The Hall–Kier alpha value is -1.81. The molecule has 2 saturated heterocycles. The lowest BCUT2D eigenvalue weighted by molar-refractivity contribution is -0.918. The molecule has 0 radical (unpaired) electrons. The average molecular weight is 411 g/mol. The van der Waals surface area contributed by atoms with Crippen LogP contribution in [0.4, 0.5) is 0 Å². The number of amides is 2. The number of sulfonamides is 1. The van der Waals surface area contributed by atoms with Gasteiger partial charge in [-0.3, -0.25) is 14.5 Å². The summed E-state index contributed by atoms with van der Waals surface area (Å²) in [5.74, 6) is -0.354. The summed E-state index contributed by atoms with van der Waals surface area (Å²) < 4.78 is 32.3. The lowest BCUT2D eigenvalue weighted by Gasteiger charge is -2.33. The quantitative estimate of drug-likeness (QED) is 0.606. The number of carbonyl (C=O) groups excluding carboxylic acids is 2. The molecule has 2 fully saturated rings. The number of ether oxygens (including phenoxy) is 1. The van der Waals surface area contributed by atoms with E-state index in [1.807, 2.05) is 19.9 Å². The molecule has 3 rings (SSSR count). The van der Waals surface area contributed by atoms with Gasteiger partial charge in [-0.05, 0) is 37.1 Å². The average Bonchev–Trinajstić information content (AvgIpc) is 2.96. The number of benzene rings is 1. The first-order valence-corrected chi connectivity index (χ1v) is 10.9. The van der Waals surface area contributed by atoms with E-state index in [1.165, 1.54) is 16.3 Å². The van der Waals surface area contributed by atoms with Gasteiger partial charge in [-0.15, -0.1) is 0 Å². The summed E-state index contributed by atoms with van der Waals surface area (Å²) >= 11 is 0. The van der Waals surface area contributed by atoms with E-state index in [4.69, 9.17) is 4.74 Å². The summed E-state index contributed by atoms with van der Waals surface area (Å²) in [6.45, 7) is 6.12. The van der Waals surface area contributed by atoms with Crippen LogP contribution < -0.4 is 4.90 Å². The summed E-state index contributed by atoms with van der Waals surface area (Å²) in [5, 5.41) is 0. The normalized spacial score (nSPS) is 22.2. The number of imide groups is 1. The fourth-order valence-corrected chi connectivity index (χ4v) is 5.33. The topological polar surface area (TPSA) is 88.4 Å². The number of nitrogens with one attached hydrogen (secondary N) is 1. The number of nitrogens with zero attached hydrogens (tertiary/aromatic N) is 2. The predicted molar refractivity (Wildman–Crippen MR) is 102 cm³/mol. The van der Waals surface area contributed by atoms with Crippen LogP contribution in [0.5, 0.6) is 0 Å². The third-order valence-electron chi connectivity index (χ3n) is 5.74. The van der Waals surface area contributed by atoms with Crippen LogP contribution in [0.1, 0.15) is 17.5 Å². The van der Waals surface area contributed by atoms with Crippen LogP contribution in [0, 0.1) is 13.8 Å². The van der Waals surface area contributed by atoms with E-state index < -0.39 is 16.1 Å². The first-order chi connectivity index (χ1) is 13.3. The monoisotopic (exact) mass is 410 g/mol. The maximum Gasteiger partial charge on any atom is 0.288 e. The van der Waals surface area contributed by atoms with Gasteiger partial charge in [-0.2, -0.15) is 4.31 Å². The summed E-state index contributed by atoms with van der Waals surface area (Å²) in [6.07, 6.45) is 0.182. The predicted octanol–water partition coefficient (Wildman–Crippen LogP) is -1.03. The highest BCUT2D eigenvalue weighted by Crippen LogP contribution is 2.19. The van der Waals surface area contributed by atoms with E-state index in [0.29, 0.717) is 37.7 Å². The lowest BCUT2D eigenvalue weighted by atomic mass is 10.1. The highest BCUT2D eigenvalue weighted by molar-refractivity contribution is 7.89. The zero-order valence-electron chi connectivity index (χ0n) is 16.6. The molecular formula is C19H28N3O5S+. The lowest BCUT2D eigenvalue weighted by Crippen LogP contribution is -3.19. The molecule has 0 aliphatic carbocycles. The Kier molecular flexibility index (Phi) is 6.18. The van der Waals surface area contributed by atoms with E-state index in [0.717, 1.165) is 16.0 Å². The smallest absolute Gasteiger partial charge is 0.288 e. The molecule has 0 spiro atoms. The first kappa shape index (κ1) is 20.9. The Morgan fingerprint density at radius 2 is 1.82 bits per heavy atom. The fraction of sp³-hybridized carbons (Fsp3) is 0.579. The van der Waals surface area contributed by atoms with E-state index in [9.17, 15) is 18.0 Å². The number of hydrogen-bond donors (Lipinski definition) is 1. The minimum Gasteiger partial charge on any atom is -0.383 e. The zero-order valence-corrected chi connectivity index (χ0v) is 17.4. The number of likely N-dealkylation sites (tertiary alicyclic amines) is 1. The van der Waals surface area contributed by atoms with Crippen molar-refractivity contribution in [2.24, 2.45) is 0 Å². The molecule has 1 atom stereocenters. The van der Waals surface area contributed by atoms with Gasteiger partial charge in [-0.25, -0.2) is 8.42 Å². The molecule has 0 aromatic heterocycles. The molecule has 2 amide bonds. The van der Waals surface area contributed by atoms with Crippen molar-refractivity contribution in [1.29, 1.82) is 0 Å². The van der Waals surface area contributed by atoms with E-state index in [-0.39, 0.29) is 24.8 Å². The largest absolute Gasteiger partial charge is 0.383 e. The van der Waals surface area contributed by atoms with Crippen molar-refractivity contribution in [3.05, 3.63) is 29.3 Å². The molecule has 28 heavy (non-hydrogen) atoms. The highest BCUT2D eigenvalue weighted by atomic mass is 32.2. The Morgan fingerprint density at radius 1 is 1.14 bits per heavy atom. The van der Waals surface area contributed by atoms with Crippen molar-refractivity contribution < 1.29 is 27.6 Å². The van der Waals surface area contributed by atoms with Gasteiger partial charge in [0.15, 0.2) is 6.04 Å². The van der Waals surface area contributed by atoms with E-state index in [2.05, 4.69) is 0 Å². The number of rotatable bonds is 6. The molecular weight excluding hydrogens is 382 g/mol. The maximum absolute atomic E-state index is 12.9. The van der Waals surface area contributed by atoms with E-state index >= 15 is 0 Å². The summed E-state index contributed by atoms with van der Waals surface area (Å²) in [7, 11) is -2.02. The summed E-state index contributed by atoms with van der Waals surface area (Å²) in [4.78, 5) is 27.3. The van der Waals surface area contributed by atoms with Gasteiger partial charge >= 0.3 is 0 Å². The first-order valence-electron chi connectivity index (χ1n) is 9.51. The van der Waals surface area contributed by atoms with Crippen molar-refractivity contribution in [2.75, 3.05) is 46.4 Å². The standard InChI is InChI=1S/C19H27N3O5S/c1-14-4-5-16(12-15(14)2)28(25,26)21-8-6-20(7-9-21)17-13-18(23)22(19(17)24)10-11-27-3/h4-5,12,17H,6-11,13H2,1-3H3/p+1/t17-/m0/s1. The van der Waals surface area contributed by atoms with Crippen LogP contribution in [0.3, 0.4) is 0 Å². The van der Waals surface area contributed by atoms with Crippen molar-refractivity contribution in [2.45, 2.75) is 31.2 Å². The Labute approximate surface area is 166 Å². The second-order valence-corrected chi connectivity index (χ2v) is 9.38. The SMILES string of the molecule is COCCN1C(=O)C[C@H]([NH+]2CCN(S(=O)(=O)c3ccc(C)c(C)c3)CC2)C1=O. The molecule has 2 heterocycles. The molecule has 0 unspecified atom stereocenters. The third kappa shape index (κ3) is 3.98. The molecule has 154 valence electrons. The van der Waals surface area contributed by atoms with Gasteiger partial charge in [0.2, 0.25) is 15.9 Å². The second-order valence-electron chi connectivity index (χ2n) is 7.44. The highest BCUT2D eigenvalue weighted by Gasteiger charge is 2.46. The van der Waals surface area contributed by atoms with Crippen LogP contribution in [-0.2, 0) is 24.3 Å². The molecule has 0 saturated carbocycles. The van der Waals surface area contributed by atoms with Gasteiger partial charge in [-0.1, -0.05) is 6.07 Å². The minimum absolute atomic E-state index is 0.176. The van der Waals surface area contributed by atoms with E-state index in [1.54, 1.807) is 12.1 Å². The van der Waals surface area contributed by atoms with Crippen LogP contribution in [-0.4, -0.2) is 81.9 Å². The molecule has 2 aliphatic heterocycles. The van der Waals surface area contributed by atoms with Crippen LogP contribution in [0.2, 0.25) is 0 Å².